The van der Waals surface area contributed by atoms with Crippen LogP contribution in [0.4, 0.5) is 0 Å². The van der Waals surface area contributed by atoms with Crippen LogP contribution in [0.25, 0.3) is 0 Å². The summed E-state index contributed by atoms with van der Waals surface area (Å²) in [5.41, 5.74) is -0.0791. The molecule has 1 rings (SSSR count). The van der Waals surface area contributed by atoms with Gasteiger partial charge in [0.2, 0.25) is 0 Å². The molecule has 4 N–H and O–H groups in total. The number of hydrogen-bond donors (Lipinski definition) is 4. The maximum absolute atomic E-state index is 11.0. The van der Waals surface area contributed by atoms with Gasteiger partial charge in [0.25, 0.3) is 0 Å². The quantitative estimate of drug-likeness (QED) is 0.624. The van der Waals surface area contributed by atoms with Crippen molar-refractivity contribution < 1.29 is 20.1 Å². The lowest BCUT2D eigenvalue weighted by Gasteiger charge is -2.19. The first-order valence-corrected chi connectivity index (χ1v) is 5.39. The SMILES string of the molecule is CNCC(O)C(O)c1cccc(Cl)c1C(=O)O. The molecule has 1 aromatic carbocycles. The van der Waals surface area contributed by atoms with Crippen molar-refractivity contribution in [2.75, 3.05) is 13.6 Å². The Labute approximate surface area is 104 Å². The van der Waals surface area contributed by atoms with Crippen LogP contribution in [0.2, 0.25) is 5.02 Å². The van der Waals surface area contributed by atoms with Gasteiger partial charge in [-0.25, -0.2) is 4.79 Å². The van der Waals surface area contributed by atoms with Crippen LogP contribution in [0.5, 0.6) is 0 Å². The molecular formula is C11H14ClNO4. The van der Waals surface area contributed by atoms with Crippen LogP contribution in [0.3, 0.4) is 0 Å². The van der Waals surface area contributed by atoms with E-state index in [-0.39, 0.29) is 22.7 Å². The molecule has 5 nitrogen and oxygen atoms in total. The monoisotopic (exact) mass is 259 g/mol. The van der Waals surface area contributed by atoms with Gasteiger partial charge in [0.1, 0.15) is 6.10 Å². The van der Waals surface area contributed by atoms with E-state index in [1.807, 2.05) is 0 Å². The molecule has 0 heterocycles. The third kappa shape index (κ3) is 3.17. The van der Waals surface area contributed by atoms with Crippen molar-refractivity contribution in [1.82, 2.24) is 5.32 Å². The van der Waals surface area contributed by atoms with Gasteiger partial charge in [0, 0.05) is 6.54 Å². The first kappa shape index (κ1) is 13.9. The Morgan fingerprint density at radius 2 is 2.12 bits per heavy atom. The Bertz CT molecular complexity index is 410. The van der Waals surface area contributed by atoms with Crippen LogP contribution >= 0.6 is 11.6 Å². The minimum atomic E-state index is -1.30. The van der Waals surface area contributed by atoms with E-state index in [1.165, 1.54) is 18.2 Å². The lowest BCUT2D eigenvalue weighted by Crippen LogP contribution is -2.30. The number of carbonyl (C=O) groups is 1. The summed E-state index contributed by atoms with van der Waals surface area (Å²) in [5, 5.41) is 31.2. The molecule has 0 fully saturated rings. The van der Waals surface area contributed by atoms with Crippen LogP contribution in [0, 0.1) is 0 Å². The summed E-state index contributed by atoms with van der Waals surface area (Å²) in [6, 6.07) is 4.38. The number of benzene rings is 1. The minimum absolute atomic E-state index is 0.0331. The molecule has 0 radical (unpaired) electrons. The van der Waals surface area contributed by atoms with Gasteiger partial charge in [-0.1, -0.05) is 23.7 Å². The lowest BCUT2D eigenvalue weighted by molar-refractivity contribution is 0.0192. The second-order valence-corrected chi connectivity index (χ2v) is 3.99. The van der Waals surface area contributed by atoms with Gasteiger partial charge in [-0.2, -0.15) is 0 Å². The van der Waals surface area contributed by atoms with Gasteiger partial charge < -0.3 is 20.6 Å². The average Bonchev–Trinajstić information content (AvgIpc) is 2.27. The molecule has 0 aromatic heterocycles. The molecule has 0 saturated heterocycles. The fraction of sp³-hybridized carbons (Fsp3) is 0.364. The molecule has 17 heavy (non-hydrogen) atoms. The highest BCUT2D eigenvalue weighted by Crippen LogP contribution is 2.27. The lowest BCUT2D eigenvalue weighted by atomic mass is 9.98. The highest BCUT2D eigenvalue weighted by Gasteiger charge is 2.24. The number of aliphatic hydroxyl groups is 2. The zero-order chi connectivity index (χ0) is 13.0. The highest BCUT2D eigenvalue weighted by molar-refractivity contribution is 6.33. The van der Waals surface area contributed by atoms with Crippen LogP contribution in [0.15, 0.2) is 18.2 Å². The zero-order valence-electron chi connectivity index (χ0n) is 9.22. The Morgan fingerprint density at radius 1 is 1.47 bits per heavy atom. The van der Waals surface area contributed by atoms with E-state index in [4.69, 9.17) is 16.7 Å². The van der Waals surface area contributed by atoms with E-state index in [9.17, 15) is 15.0 Å². The van der Waals surface area contributed by atoms with E-state index >= 15 is 0 Å². The number of rotatable bonds is 5. The van der Waals surface area contributed by atoms with Crippen molar-refractivity contribution in [2.45, 2.75) is 12.2 Å². The second kappa shape index (κ2) is 5.97. The summed E-state index contributed by atoms with van der Waals surface area (Å²) in [6.07, 6.45) is -2.40. The molecule has 0 saturated carbocycles. The molecule has 2 atom stereocenters. The van der Waals surface area contributed by atoms with Gasteiger partial charge >= 0.3 is 5.97 Å². The van der Waals surface area contributed by atoms with E-state index in [0.717, 1.165) is 0 Å². The molecule has 94 valence electrons. The fourth-order valence-corrected chi connectivity index (χ4v) is 1.80. The third-order valence-corrected chi connectivity index (χ3v) is 2.67. The van der Waals surface area contributed by atoms with Crippen molar-refractivity contribution in [3.05, 3.63) is 34.3 Å². The maximum Gasteiger partial charge on any atom is 0.337 e. The number of aliphatic hydroxyl groups excluding tert-OH is 2. The number of likely N-dealkylation sites (N-methyl/N-ethyl adjacent to an activating group) is 1. The largest absolute Gasteiger partial charge is 0.478 e. The predicted octanol–water partition coefficient (Wildman–Crippen LogP) is 0.652. The summed E-state index contributed by atoms with van der Waals surface area (Å²) < 4.78 is 0. The Morgan fingerprint density at radius 3 is 2.65 bits per heavy atom. The van der Waals surface area contributed by atoms with Crippen molar-refractivity contribution >= 4 is 17.6 Å². The maximum atomic E-state index is 11.0. The number of halogens is 1. The molecule has 2 unspecified atom stereocenters. The van der Waals surface area contributed by atoms with E-state index in [0.29, 0.717) is 0 Å². The number of nitrogens with one attached hydrogen (secondary N) is 1. The Hall–Kier alpha value is -1.14. The zero-order valence-corrected chi connectivity index (χ0v) is 9.98. The molecule has 6 heteroatoms. The fourth-order valence-electron chi connectivity index (χ4n) is 1.54. The first-order chi connectivity index (χ1) is 7.99. The predicted molar refractivity (Wildman–Crippen MR) is 63.3 cm³/mol. The first-order valence-electron chi connectivity index (χ1n) is 5.01. The van der Waals surface area contributed by atoms with Crippen molar-refractivity contribution in [3.8, 4) is 0 Å². The number of hydrogen-bond acceptors (Lipinski definition) is 4. The molecule has 0 aliphatic heterocycles. The van der Waals surface area contributed by atoms with Crippen LogP contribution in [-0.4, -0.2) is 41.0 Å². The Balaban J connectivity index is 3.13. The summed E-state index contributed by atoms with van der Waals surface area (Å²) >= 11 is 5.76. The van der Waals surface area contributed by atoms with E-state index < -0.39 is 18.2 Å². The molecule has 0 amide bonds. The number of carboxylic acid groups (broad SMARTS) is 1. The van der Waals surface area contributed by atoms with Gasteiger partial charge in [-0.3, -0.25) is 0 Å². The summed E-state index contributed by atoms with van der Waals surface area (Å²) in [5.74, 6) is -1.23. The molecule has 0 spiro atoms. The highest BCUT2D eigenvalue weighted by atomic mass is 35.5. The third-order valence-electron chi connectivity index (χ3n) is 2.36. The van der Waals surface area contributed by atoms with Crippen molar-refractivity contribution in [2.24, 2.45) is 0 Å². The molecule has 0 bridgehead atoms. The van der Waals surface area contributed by atoms with Gasteiger partial charge in [-0.05, 0) is 18.7 Å². The topological polar surface area (TPSA) is 89.8 Å². The normalized spacial score (nSPS) is 14.4. The van der Waals surface area contributed by atoms with Gasteiger partial charge in [0.15, 0.2) is 0 Å². The van der Waals surface area contributed by atoms with Crippen LogP contribution in [0.1, 0.15) is 22.0 Å². The summed E-state index contributed by atoms with van der Waals surface area (Å²) in [7, 11) is 1.62. The van der Waals surface area contributed by atoms with E-state index in [1.54, 1.807) is 7.05 Å². The standard InChI is InChI=1S/C11H14ClNO4/c1-13-5-8(14)10(15)6-3-2-4-7(12)9(6)11(16)17/h2-4,8,10,13-15H,5H2,1H3,(H,16,17). The van der Waals surface area contributed by atoms with E-state index in [2.05, 4.69) is 5.32 Å². The van der Waals surface area contributed by atoms with Crippen molar-refractivity contribution in [3.63, 3.8) is 0 Å². The van der Waals surface area contributed by atoms with Gasteiger partial charge in [0.05, 0.1) is 16.7 Å². The molecule has 1 aromatic rings. The van der Waals surface area contributed by atoms with Crippen LogP contribution in [-0.2, 0) is 0 Å². The summed E-state index contributed by atoms with van der Waals surface area (Å²) in [4.78, 5) is 11.0. The molecule has 0 aliphatic rings. The minimum Gasteiger partial charge on any atom is -0.478 e. The molecular weight excluding hydrogens is 246 g/mol. The second-order valence-electron chi connectivity index (χ2n) is 3.58. The van der Waals surface area contributed by atoms with Crippen molar-refractivity contribution in [1.29, 1.82) is 0 Å². The average molecular weight is 260 g/mol. The molecule has 0 aliphatic carbocycles. The van der Waals surface area contributed by atoms with Gasteiger partial charge in [-0.15, -0.1) is 0 Å². The number of carboxylic acids is 1. The number of aromatic carboxylic acids is 1. The Kier molecular flexibility index (Phi) is 4.89. The van der Waals surface area contributed by atoms with Crippen LogP contribution < -0.4 is 5.32 Å². The summed E-state index contributed by atoms with van der Waals surface area (Å²) in [6.45, 7) is 0.146. The smallest absolute Gasteiger partial charge is 0.337 e.